The van der Waals surface area contributed by atoms with E-state index in [2.05, 4.69) is 4.72 Å². The molecule has 0 saturated carbocycles. The molecule has 0 aliphatic carbocycles. The summed E-state index contributed by atoms with van der Waals surface area (Å²) in [6, 6.07) is 2.04. The molecule has 5 nitrogen and oxygen atoms in total. The van der Waals surface area contributed by atoms with Gasteiger partial charge in [-0.2, -0.15) is 0 Å². The molecule has 1 aliphatic rings. The second kappa shape index (κ2) is 6.35. The van der Waals surface area contributed by atoms with E-state index < -0.39 is 26.6 Å². The van der Waals surface area contributed by atoms with Gasteiger partial charge < -0.3 is 10.6 Å². The number of halogens is 2. The molecule has 1 saturated heterocycles. The van der Waals surface area contributed by atoms with Gasteiger partial charge in [0.2, 0.25) is 10.0 Å². The standard InChI is InChI=1S/C13H19F2N3O2S/c1-18-4-2-3-10(18)8-17-21(19,20)12-6-9(7-16)5-11(14)13(12)15/h5-6,10,17H,2-4,7-8,16H2,1H3. The lowest BCUT2D eigenvalue weighted by atomic mass is 10.2. The minimum atomic E-state index is -4.10. The van der Waals surface area contributed by atoms with Gasteiger partial charge in [0.05, 0.1) is 0 Å². The maximum atomic E-state index is 13.7. The van der Waals surface area contributed by atoms with Crippen LogP contribution >= 0.6 is 0 Å². The summed E-state index contributed by atoms with van der Waals surface area (Å²) in [6.07, 6.45) is 1.87. The van der Waals surface area contributed by atoms with Gasteiger partial charge in [0, 0.05) is 19.1 Å². The summed E-state index contributed by atoms with van der Waals surface area (Å²) in [5, 5.41) is 0. The van der Waals surface area contributed by atoms with Crippen molar-refractivity contribution in [2.24, 2.45) is 5.73 Å². The molecule has 0 amide bonds. The van der Waals surface area contributed by atoms with Crippen molar-refractivity contribution >= 4 is 10.0 Å². The van der Waals surface area contributed by atoms with E-state index in [-0.39, 0.29) is 24.7 Å². The van der Waals surface area contributed by atoms with Gasteiger partial charge in [0.25, 0.3) is 0 Å². The SMILES string of the molecule is CN1CCCC1CNS(=O)(=O)c1cc(CN)cc(F)c1F. The quantitative estimate of drug-likeness (QED) is 0.842. The van der Waals surface area contributed by atoms with Crippen molar-refractivity contribution in [2.75, 3.05) is 20.1 Å². The van der Waals surface area contributed by atoms with Crippen LogP contribution in [0.15, 0.2) is 17.0 Å². The Hall–Kier alpha value is -1.09. The average Bonchev–Trinajstić information content (AvgIpc) is 2.84. The molecule has 0 aromatic heterocycles. The molecule has 1 unspecified atom stereocenters. The number of hydrogen-bond donors (Lipinski definition) is 2. The molecule has 1 fully saturated rings. The van der Waals surface area contributed by atoms with Crippen LogP contribution in [0.1, 0.15) is 18.4 Å². The number of nitrogens with zero attached hydrogens (tertiary/aromatic N) is 1. The van der Waals surface area contributed by atoms with Gasteiger partial charge in [-0.05, 0) is 44.1 Å². The molecule has 0 spiro atoms. The molecule has 1 aromatic rings. The van der Waals surface area contributed by atoms with Gasteiger partial charge in [-0.25, -0.2) is 21.9 Å². The first-order valence-corrected chi connectivity index (χ1v) is 8.21. The zero-order valence-electron chi connectivity index (χ0n) is 11.8. The predicted octanol–water partition coefficient (Wildman–Crippen LogP) is 0.796. The van der Waals surface area contributed by atoms with Crippen molar-refractivity contribution in [2.45, 2.75) is 30.3 Å². The monoisotopic (exact) mass is 319 g/mol. The van der Waals surface area contributed by atoms with E-state index in [1.165, 1.54) is 0 Å². The summed E-state index contributed by atoms with van der Waals surface area (Å²) in [6.45, 7) is 1.01. The van der Waals surface area contributed by atoms with Crippen LogP contribution < -0.4 is 10.5 Å². The Bertz CT molecular complexity index is 622. The Kier molecular flexibility index (Phi) is 4.92. The summed E-state index contributed by atoms with van der Waals surface area (Å²) in [7, 11) is -2.20. The smallest absolute Gasteiger partial charge is 0.243 e. The molecule has 21 heavy (non-hydrogen) atoms. The minimum absolute atomic E-state index is 0.0644. The van der Waals surface area contributed by atoms with E-state index in [0.29, 0.717) is 0 Å². The van der Waals surface area contributed by atoms with Gasteiger partial charge in [0.15, 0.2) is 11.6 Å². The van der Waals surface area contributed by atoms with Gasteiger partial charge >= 0.3 is 0 Å². The zero-order chi connectivity index (χ0) is 15.6. The highest BCUT2D eigenvalue weighted by Crippen LogP contribution is 2.20. The number of sulfonamides is 1. The molecular formula is C13H19F2N3O2S. The molecule has 0 bridgehead atoms. The number of likely N-dealkylation sites (N-methyl/N-ethyl adjacent to an activating group) is 1. The normalized spacial score (nSPS) is 20.1. The van der Waals surface area contributed by atoms with Crippen molar-refractivity contribution < 1.29 is 17.2 Å². The Morgan fingerprint density at radius 1 is 1.43 bits per heavy atom. The topological polar surface area (TPSA) is 75.4 Å². The number of likely N-dealkylation sites (tertiary alicyclic amines) is 1. The lowest BCUT2D eigenvalue weighted by molar-refractivity contribution is 0.310. The highest BCUT2D eigenvalue weighted by molar-refractivity contribution is 7.89. The van der Waals surface area contributed by atoms with Crippen LogP contribution in [0.25, 0.3) is 0 Å². The van der Waals surface area contributed by atoms with E-state index in [1.807, 2.05) is 11.9 Å². The molecule has 1 aromatic carbocycles. The molecule has 1 atom stereocenters. The molecule has 3 N–H and O–H groups in total. The fourth-order valence-electron chi connectivity index (χ4n) is 2.45. The van der Waals surface area contributed by atoms with Gasteiger partial charge in [-0.3, -0.25) is 0 Å². The number of benzene rings is 1. The maximum Gasteiger partial charge on any atom is 0.243 e. The van der Waals surface area contributed by atoms with E-state index >= 15 is 0 Å². The largest absolute Gasteiger partial charge is 0.326 e. The van der Waals surface area contributed by atoms with Crippen molar-refractivity contribution in [1.82, 2.24) is 9.62 Å². The number of rotatable bonds is 5. The third kappa shape index (κ3) is 3.57. The van der Waals surface area contributed by atoms with Crippen LogP contribution in [-0.2, 0) is 16.6 Å². The summed E-state index contributed by atoms with van der Waals surface area (Å²) in [5.74, 6) is -2.59. The molecule has 2 rings (SSSR count). The van der Waals surface area contributed by atoms with Gasteiger partial charge in [-0.1, -0.05) is 0 Å². The highest BCUT2D eigenvalue weighted by Gasteiger charge is 2.26. The second-order valence-electron chi connectivity index (χ2n) is 5.22. The second-order valence-corrected chi connectivity index (χ2v) is 6.96. The highest BCUT2D eigenvalue weighted by atomic mass is 32.2. The fraction of sp³-hybridized carbons (Fsp3) is 0.538. The van der Waals surface area contributed by atoms with Crippen LogP contribution in [0.3, 0.4) is 0 Å². The van der Waals surface area contributed by atoms with Crippen LogP contribution in [0.4, 0.5) is 8.78 Å². The number of hydrogen-bond acceptors (Lipinski definition) is 4. The van der Waals surface area contributed by atoms with Crippen molar-refractivity contribution in [1.29, 1.82) is 0 Å². The Balaban J connectivity index is 2.21. The Morgan fingerprint density at radius 2 is 2.14 bits per heavy atom. The molecular weight excluding hydrogens is 300 g/mol. The van der Waals surface area contributed by atoms with Gasteiger partial charge in [0.1, 0.15) is 4.90 Å². The van der Waals surface area contributed by atoms with Crippen LogP contribution in [-0.4, -0.2) is 39.5 Å². The first kappa shape index (κ1) is 16.3. The molecule has 0 radical (unpaired) electrons. The van der Waals surface area contributed by atoms with E-state index in [9.17, 15) is 17.2 Å². The van der Waals surface area contributed by atoms with Crippen LogP contribution in [0.2, 0.25) is 0 Å². The average molecular weight is 319 g/mol. The maximum absolute atomic E-state index is 13.7. The van der Waals surface area contributed by atoms with Gasteiger partial charge in [-0.15, -0.1) is 0 Å². The summed E-state index contributed by atoms with van der Waals surface area (Å²) < 4.78 is 53.8. The summed E-state index contributed by atoms with van der Waals surface area (Å²) in [4.78, 5) is 1.35. The molecule has 118 valence electrons. The molecule has 1 aliphatic heterocycles. The van der Waals surface area contributed by atoms with E-state index in [1.54, 1.807) is 0 Å². The third-order valence-electron chi connectivity index (χ3n) is 3.76. The first-order chi connectivity index (χ1) is 9.85. The predicted molar refractivity (Wildman–Crippen MR) is 75.1 cm³/mol. The molecule has 8 heteroatoms. The fourth-order valence-corrected chi connectivity index (χ4v) is 3.66. The number of nitrogens with two attached hydrogens (primary N) is 1. The number of nitrogens with one attached hydrogen (secondary N) is 1. The minimum Gasteiger partial charge on any atom is -0.326 e. The Morgan fingerprint density at radius 3 is 2.71 bits per heavy atom. The van der Waals surface area contributed by atoms with E-state index in [0.717, 1.165) is 31.5 Å². The third-order valence-corrected chi connectivity index (χ3v) is 5.18. The zero-order valence-corrected chi connectivity index (χ0v) is 12.6. The van der Waals surface area contributed by atoms with Crippen molar-refractivity contribution in [3.05, 3.63) is 29.3 Å². The first-order valence-electron chi connectivity index (χ1n) is 6.73. The van der Waals surface area contributed by atoms with Crippen molar-refractivity contribution in [3.63, 3.8) is 0 Å². The lowest BCUT2D eigenvalue weighted by Gasteiger charge is -2.20. The lowest BCUT2D eigenvalue weighted by Crippen LogP contribution is -2.38. The van der Waals surface area contributed by atoms with Crippen LogP contribution in [0.5, 0.6) is 0 Å². The summed E-state index contributed by atoms with van der Waals surface area (Å²) in [5.41, 5.74) is 5.59. The molecule has 1 heterocycles. The Labute approximate surface area is 123 Å². The van der Waals surface area contributed by atoms with Crippen molar-refractivity contribution in [3.8, 4) is 0 Å². The van der Waals surface area contributed by atoms with E-state index in [4.69, 9.17) is 5.73 Å². The summed E-state index contributed by atoms with van der Waals surface area (Å²) >= 11 is 0. The van der Waals surface area contributed by atoms with Crippen LogP contribution in [0, 0.1) is 11.6 Å².